The van der Waals surface area contributed by atoms with Gasteiger partial charge in [0.15, 0.2) is 11.5 Å². The van der Waals surface area contributed by atoms with E-state index in [9.17, 15) is 9.59 Å². The number of ketones is 2. The van der Waals surface area contributed by atoms with Gasteiger partial charge in [-0.1, -0.05) is 6.92 Å². The van der Waals surface area contributed by atoms with Crippen LogP contribution in [0.3, 0.4) is 0 Å². The molecule has 0 radical (unpaired) electrons. The van der Waals surface area contributed by atoms with E-state index in [1.807, 2.05) is 0 Å². The minimum atomic E-state index is -1.46. The average molecular weight is 319 g/mol. The minimum absolute atomic E-state index is 0.0434. The Hall–Kier alpha value is -2.50. The van der Waals surface area contributed by atoms with Crippen LogP contribution in [0.2, 0.25) is 0 Å². The Bertz CT molecular complexity index is 769. The van der Waals surface area contributed by atoms with E-state index in [-0.39, 0.29) is 52.6 Å². The van der Waals surface area contributed by atoms with Gasteiger partial charge in [-0.2, -0.15) is 0 Å². The Kier molecular flexibility index (Phi) is 3.25. The standard InChI is InChI=1S/C17H18O6/c1-9-5-10(18)6-14(22-4)17(9)16(19)15-12(21-3)7-11(20-2)8-13(15)23-17/h6-9H,5H2,1-4H3/t9-,17+/m1/s1/i8D. The number of methoxy groups -OCH3 is 3. The summed E-state index contributed by atoms with van der Waals surface area (Å²) in [5.74, 6) is -0.225. The summed E-state index contributed by atoms with van der Waals surface area (Å²) in [6, 6.07) is 1.44. The average Bonchev–Trinajstić information content (AvgIpc) is 2.87. The molecular formula is C17H18O6. The van der Waals surface area contributed by atoms with Crippen molar-refractivity contribution >= 4 is 11.6 Å². The van der Waals surface area contributed by atoms with E-state index in [1.165, 1.54) is 33.5 Å². The van der Waals surface area contributed by atoms with Gasteiger partial charge in [-0.3, -0.25) is 9.59 Å². The summed E-state index contributed by atoms with van der Waals surface area (Å²) < 4.78 is 30.0. The lowest BCUT2D eigenvalue weighted by atomic mass is 9.75. The summed E-state index contributed by atoms with van der Waals surface area (Å²) >= 11 is 0. The van der Waals surface area contributed by atoms with Crippen LogP contribution in [0.25, 0.3) is 0 Å². The lowest BCUT2D eigenvalue weighted by molar-refractivity contribution is -0.118. The van der Waals surface area contributed by atoms with Gasteiger partial charge in [0.25, 0.3) is 0 Å². The third-order valence-electron chi connectivity index (χ3n) is 4.32. The zero-order valence-electron chi connectivity index (χ0n) is 14.4. The molecule has 6 heteroatoms. The van der Waals surface area contributed by atoms with Crippen molar-refractivity contribution in [1.82, 2.24) is 0 Å². The van der Waals surface area contributed by atoms with E-state index >= 15 is 0 Å². The van der Waals surface area contributed by atoms with E-state index in [4.69, 9.17) is 20.3 Å². The summed E-state index contributed by atoms with van der Waals surface area (Å²) in [4.78, 5) is 25.1. The van der Waals surface area contributed by atoms with Crippen molar-refractivity contribution in [1.29, 1.82) is 0 Å². The first kappa shape index (κ1) is 14.1. The van der Waals surface area contributed by atoms with E-state index in [2.05, 4.69) is 0 Å². The van der Waals surface area contributed by atoms with Crippen LogP contribution in [-0.2, 0) is 9.53 Å². The lowest BCUT2D eigenvalue weighted by Gasteiger charge is -2.36. The Labute approximate surface area is 135 Å². The number of carbonyl (C=O) groups excluding carboxylic acids is 2. The quantitative estimate of drug-likeness (QED) is 0.850. The molecule has 0 saturated heterocycles. The first-order valence-electron chi connectivity index (χ1n) is 7.69. The number of benzene rings is 1. The first-order chi connectivity index (χ1) is 11.4. The number of hydrogen-bond donors (Lipinski definition) is 0. The molecule has 2 aliphatic rings. The Morgan fingerprint density at radius 2 is 2.00 bits per heavy atom. The van der Waals surface area contributed by atoms with Crippen LogP contribution in [0.1, 0.15) is 25.1 Å². The molecule has 1 aliphatic heterocycles. The van der Waals surface area contributed by atoms with Gasteiger partial charge in [-0.15, -0.1) is 0 Å². The first-order valence-corrected chi connectivity index (χ1v) is 7.19. The van der Waals surface area contributed by atoms with Gasteiger partial charge < -0.3 is 18.9 Å². The van der Waals surface area contributed by atoms with Crippen molar-refractivity contribution in [3.05, 3.63) is 29.5 Å². The van der Waals surface area contributed by atoms with Crippen molar-refractivity contribution < 1.29 is 29.9 Å². The molecule has 0 unspecified atom stereocenters. The molecule has 6 nitrogen and oxygen atoms in total. The molecule has 0 saturated carbocycles. The predicted octanol–water partition coefficient (Wildman–Crippen LogP) is 2.16. The van der Waals surface area contributed by atoms with E-state index in [0.29, 0.717) is 0 Å². The highest BCUT2D eigenvalue weighted by Crippen LogP contribution is 2.50. The van der Waals surface area contributed by atoms with Crippen molar-refractivity contribution in [2.45, 2.75) is 18.9 Å². The molecule has 1 heterocycles. The normalized spacial score (nSPS) is 26.3. The second-order valence-electron chi connectivity index (χ2n) is 5.56. The zero-order valence-corrected chi connectivity index (χ0v) is 13.4. The molecule has 3 rings (SSSR count). The van der Waals surface area contributed by atoms with Gasteiger partial charge in [-0.05, 0) is 0 Å². The van der Waals surface area contributed by atoms with Crippen LogP contribution in [0.4, 0.5) is 0 Å². The number of ether oxygens (including phenoxy) is 4. The second-order valence-corrected chi connectivity index (χ2v) is 5.56. The highest BCUT2D eigenvalue weighted by atomic mass is 16.6. The van der Waals surface area contributed by atoms with Crippen LogP contribution in [-0.4, -0.2) is 38.5 Å². The molecule has 122 valence electrons. The van der Waals surface area contributed by atoms with Crippen molar-refractivity contribution in [2.75, 3.05) is 21.3 Å². The predicted molar refractivity (Wildman–Crippen MR) is 81.1 cm³/mol. The summed E-state index contributed by atoms with van der Waals surface area (Å²) in [5, 5.41) is 0. The van der Waals surface area contributed by atoms with Crippen LogP contribution in [0, 0.1) is 5.92 Å². The van der Waals surface area contributed by atoms with E-state index in [1.54, 1.807) is 6.92 Å². The Morgan fingerprint density at radius 1 is 1.26 bits per heavy atom. The maximum absolute atomic E-state index is 13.2. The van der Waals surface area contributed by atoms with Crippen LogP contribution in [0.5, 0.6) is 17.2 Å². The molecule has 0 amide bonds. The molecule has 2 atom stereocenters. The summed E-state index contributed by atoms with van der Waals surface area (Å²) in [6.45, 7) is 1.75. The number of fused-ring (bicyclic) bond motifs is 1. The number of carbonyl (C=O) groups is 2. The van der Waals surface area contributed by atoms with Crippen molar-refractivity contribution in [3.63, 3.8) is 0 Å². The minimum Gasteiger partial charge on any atom is -0.496 e. The van der Waals surface area contributed by atoms with Gasteiger partial charge >= 0.3 is 0 Å². The summed E-state index contributed by atoms with van der Waals surface area (Å²) in [5.41, 5.74) is -1.28. The van der Waals surface area contributed by atoms with Gasteiger partial charge in [0.05, 0.1) is 22.7 Å². The van der Waals surface area contributed by atoms with Gasteiger partial charge in [0.1, 0.15) is 22.8 Å². The van der Waals surface area contributed by atoms with Crippen LogP contribution < -0.4 is 14.2 Å². The SMILES string of the molecule is [2H]c1c(OC)cc(OC)c2c1O[C@]1(C2=O)C(OC)=CC(=O)C[C@H]1C. The molecule has 23 heavy (non-hydrogen) atoms. The Balaban J connectivity index is 2.26. The molecule has 1 aromatic carbocycles. The van der Waals surface area contributed by atoms with Gasteiger partial charge in [0, 0.05) is 30.5 Å². The Morgan fingerprint density at radius 3 is 2.61 bits per heavy atom. The molecule has 1 spiro atoms. The van der Waals surface area contributed by atoms with Crippen LogP contribution >= 0.6 is 0 Å². The van der Waals surface area contributed by atoms with Crippen molar-refractivity contribution in [2.24, 2.45) is 5.92 Å². The zero-order chi connectivity index (χ0) is 17.6. The largest absolute Gasteiger partial charge is 0.496 e. The van der Waals surface area contributed by atoms with Gasteiger partial charge in [-0.25, -0.2) is 0 Å². The fourth-order valence-electron chi connectivity index (χ4n) is 3.17. The molecule has 0 aromatic heterocycles. The fraction of sp³-hybridized carbons (Fsp3) is 0.412. The molecule has 0 N–H and O–H groups in total. The molecule has 1 aliphatic carbocycles. The van der Waals surface area contributed by atoms with E-state index < -0.39 is 11.5 Å². The highest BCUT2D eigenvalue weighted by Gasteiger charge is 2.59. The number of Topliss-reactive ketones (excluding diaryl/α,β-unsaturated/α-hetero) is 1. The third kappa shape index (κ3) is 2.01. The molecular weight excluding hydrogens is 300 g/mol. The summed E-state index contributed by atoms with van der Waals surface area (Å²) in [6.07, 6.45) is 1.44. The third-order valence-corrected chi connectivity index (χ3v) is 4.32. The molecule has 1 aromatic rings. The fourth-order valence-corrected chi connectivity index (χ4v) is 3.17. The number of allylic oxidation sites excluding steroid dienone is 1. The maximum Gasteiger partial charge on any atom is 0.231 e. The topological polar surface area (TPSA) is 71.1 Å². The second kappa shape index (κ2) is 5.30. The number of hydrogen-bond acceptors (Lipinski definition) is 6. The molecule has 0 fully saturated rings. The lowest BCUT2D eigenvalue weighted by Crippen LogP contribution is -2.51. The number of rotatable bonds is 3. The van der Waals surface area contributed by atoms with Gasteiger partial charge in [0.2, 0.25) is 11.4 Å². The monoisotopic (exact) mass is 319 g/mol. The summed E-state index contributed by atoms with van der Waals surface area (Å²) in [7, 11) is 4.24. The maximum atomic E-state index is 13.2. The highest BCUT2D eigenvalue weighted by molar-refractivity contribution is 6.13. The van der Waals surface area contributed by atoms with Crippen LogP contribution in [0.15, 0.2) is 23.9 Å². The molecule has 0 bridgehead atoms. The van der Waals surface area contributed by atoms with Crippen molar-refractivity contribution in [3.8, 4) is 17.2 Å². The smallest absolute Gasteiger partial charge is 0.231 e. The van der Waals surface area contributed by atoms with E-state index in [0.717, 1.165) is 0 Å².